The highest BCUT2D eigenvalue weighted by molar-refractivity contribution is 5.83. The maximum absolute atomic E-state index is 13.5. The molecular formula is C23H27FN2O2. The highest BCUT2D eigenvalue weighted by Gasteiger charge is 2.21. The number of methoxy groups -OCH3 is 1. The second-order valence-electron chi connectivity index (χ2n) is 7.41. The van der Waals surface area contributed by atoms with Crippen LogP contribution < -0.4 is 10.1 Å². The molecule has 1 aliphatic heterocycles. The quantitative estimate of drug-likeness (QED) is 0.579. The van der Waals surface area contributed by atoms with Crippen molar-refractivity contribution in [2.24, 2.45) is 0 Å². The summed E-state index contributed by atoms with van der Waals surface area (Å²) >= 11 is 0. The van der Waals surface area contributed by atoms with Gasteiger partial charge in [-0.3, -0.25) is 0 Å². The first-order valence-electron chi connectivity index (χ1n) is 9.96. The molecule has 0 saturated heterocycles. The van der Waals surface area contributed by atoms with Crippen LogP contribution in [-0.4, -0.2) is 37.9 Å². The molecule has 5 heteroatoms. The van der Waals surface area contributed by atoms with Crippen molar-refractivity contribution < 1.29 is 13.9 Å². The molecule has 0 radical (unpaired) electrons. The van der Waals surface area contributed by atoms with Crippen molar-refractivity contribution in [2.45, 2.75) is 31.7 Å². The molecule has 2 aromatic carbocycles. The van der Waals surface area contributed by atoms with Crippen molar-refractivity contribution >= 4 is 10.9 Å². The van der Waals surface area contributed by atoms with Gasteiger partial charge in [0.1, 0.15) is 18.2 Å². The van der Waals surface area contributed by atoms with Crippen LogP contribution in [0.5, 0.6) is 5.75 Å². The van der Waals surface area contributed by atoms with Crippen LogP contribution in [-0.2, 0) is 24.0 Å². The Morgan fingerprint density at radius 1 is 1.21 bits per heavy atom. The Morgan fingerprint density at radius 2 is 2.14 bits per heavy atom. The van der Waals surface area contributed by atoms with Crippen LogP contribution >= 0.6 is 0 Å². The van der Waals surface area contributed by atoms with E-state index in [0.717, 1.165) is 61.1 Å². The highest BCUT2D eigenvalue weighted by atomic mass is 19.1. The number of nitrogens with one attached hydrogen (secondary N) is 2. The molecule has 1 atom stereocenters. The number of ether oxygens (including phenoxy) is 2. The van der Waals surface area contributed by atoms with Crippen molar-refractivity contribution in [1.29, 1.82) is 0 Å². The molecule has 2 N–H and O–H groups in total. The zero-order valence-electron chi connectivity index (χ0n) is 16.3. The van der Waals surface area contributed by atoms with E-state index in [0.29, 0.717) is 6.61 Å². The van der Waals surface area contributed by atoms with E-state index in [4.69, 9.17) is 9.47 Å². The molecule has 0 aliphatic carbocycles. The van der Waals surface area contributed by atoms with Crippen molar-refractivity contribution in [1.82, 2.24) is 10.3 Å². The Labute approximate surface area is 165 Å². The average Bonchev–Trinajstić information content (AvgIpc) is 3.10. The molecule has 0 bridgehead atoms. The summed E-state index contributed by atoms with van der Waals surface area (Å²) in [5.41, 5.74) is 4.79. The van der Waals surface area contributed by atoms with E-state index in [9.17, 15) is 4.39 Å². The number of halogens is 1. The molecule has 0 amide bonds. The number of aromatic amines is 1. The molecule has 2 heterocycles. The topological polar surface area (TPSA) is 46.3 Å². The summed E-state index contributed by atoms with van der Waals surface area (Å²) in [4.78, 5) is 3.22. The van der Waals surface area contributed by atoms with Crippen LogP contribution in [0.4, 0.5) is 4.39 Å². The maximum atomic E-state index is 13.5. The van der Waals surface area contributed by atoms with E-state index >= 15 is 0 Å². The minimum Gasteiger partial charge on any atom is -0.492 e. The van der Waals surface area contributed by atoms with E-state index in [2.05, 4.69) is 28.5 Å². The zero-order valence-corrected chi connectivity index (χ0v) is 16.3. The lowest BCUT2D eigenvalue weighted by molar-refractivity contribution is 0.194. The van der Waals surface area contributed by atoms with Crippen LogP contribution in [0.15, 0.2) is 42.6 Å². The summed E-state index contributed by atoms with van der Waals surface area (Å²) in [5, 5.41) is 4.58. The Hall–Kier alpha value is -2.37. The summed E-state index contributed by atoms with van der Waals surface area (Å²) in [7, 11) is 1.74. The van der Waals surface area contributed by atoms with E-state index < -0.39 is 0 Å². The van der Waals surface area contributed by atoms with E-state index in [1.54, 1.807) is 19.2 Å². The van der Waals surface area contributed by atoms with E-state index in [1.165, 1.54) is 17.2 Å². The minimum atomic E-state index is -0.195. The van der Waals surface area contributed by atoms with Gasteiger partial charge < -0.3 is 19.8 Å². The Bertz CT molecular complexity index is 937. The molecule has 148 valence electrons. The molecule has 4 rings (SSSR count). The fraction of sp³-hybridized carbons (Fsp3) is 0.391. The van der Waals surface area contributed by atoms with E-state index in [-0.39, 0.29) is 11.9 Å². The molecular weight excluding hydrogens is 355 g/mol. The molecule has 0 fully saturated rings. The number of H-pyrrole nitrogens is 1. The van der Waals surface area contributed by atoms with Crippen molar-refractivity contribution in [3.63, 3.8) is 0 Å². The number of rotatable bonds is 8. The van der Waals surface area contributed by atoms with Gasteiger partial charge in [0.25, 0.3) is 0 Å². The summed E-state index contributed by atoms with van der Waals surface area (Å²) < 4.78 is 24.7. The molecule has 3 aromatic rings. The van der Waals surface area contributed by atoms with Gasteiger partial charge in [-0.2, -0.15) is 0 Å². The first kappa shape index (κ1) is 19.0. The molecule has 28 heavy (non-hydrogen) atoms. The van der Waals surface area contributed by atoms with Crippen LogP contribution in [0.25, 0.3) is 10.9 Å². The molecule has 0 spiro atoms. The minimum absolute atomic E-state index is 0.195. The summed E-state index contributed by atoms with van der Waals surface area (Å²) in [6.45, 7) is 2.28. The summed E-state index contributed by atoms with van der Waals surface area (Å²) in [5.74, 6) is 0.819. The van der Waals surface area contributed by atoms with Gasteiger partial charge in [0.2, 0.25) is 0 Å². The lowest BCUT2D eigenvalue weighted by Crippen LogP contribution is -2.40. The predicted molar refractivity (Wildman–Crippen MR) is 110 cm³/mol. The second-order valence-corrected chi connectivity index (χ2v) is 7.41. The smallest absolute Gasteiger partial charge is 0.123 e. The molecule has 1 aromatic heterocycles. The van der Waals surface area contributed by atoms with Crippen molar-refractivity contribution in [2.75, 3.05) is 26.9 Å². The largest absolute Gasteiger partial charge is 0.492 e. The van der Waals surface area contributed by atoms with Gasteiger partial charge in [0.15, 0.2) is 0 Å². The maximum Gasteiger partial charge on any atom is 0.123 e. The van der Waals surface area contributed by atoms with Crippen LogP contribution in [0.1, 0.15) is 23.1 Å². The van der Waals surface area contributed by atoms with Gasteiger partial charge in [0, 0.05) is 36.9 Å². The molecule has 4 nitrogen and oxygen atoms in total. The van der Waals surface area contributed by atoms with Crippen LogP contribution in [0.3, 0.4) is 0 Å². The third-order valence-corrected chi connectivity index (χ3v) is 5.47. The average molecular weight is 382 g/mol. The number of aromatic nitrogens is 1. The normalized spacial score (nSPS) is 16.1. The standard InChI is InChI=1S/C23H27FN2O2/c1-27-11-3-5-16-4-2-6-23-21(16)13-19(15-28-23)25-10-9-17-14-26-22-8-7-18(24)12-20(17)22/h2,4,6-8,12,14,19,25-26H,3,5,9-11,13,15H2,1H3. The number of hydrogen-bond donors (Lipinski definition) is 2. The van der Waals surface area contributed by atoms with Crippen LogP contribution in [0, 0.1) is 5.82 Å². The predicted octanol–water partition coefficient (Wildman–Crippen LogP) is 4.02. The zero-order chi connectivity index (χ0) is 19.3. The highest BCUT2D eigenvalue weighted by Crippen LogP contribution is 2.29. The molecule has 0 saturated carbocycles. The van der Waals surface area contributed by atoms with Gasteiger partial charge in [0.05, 0.1) is 0 Å². The van der Waals surface area contributed by atoms with Crippen molar-refractivity contribution in [3.8, 4) is 5.75 Å². The van der Waals surface area contributed by atoms with E-state index in [1.807, 2.05) is 6.20 Å². The third-order valence-electron chi connectivity index (χ3n) is 5.47. The van der Waals surface area contributed by atoms with Gasteiger partial charge >= 0.3 is 0 Å². The number of aryl methyl sites for hydroxylation is 1. The number of hydrogen-bond acceptors (Lipinski definition) is 3. The van der Waals surface area contributed by atoms with Gasteiger partial charge in [-0.05, 0) is 73.2 Å². The van der Waals surface area contributed by atoms with Crippen molar-refractivity contribution in [3.05, 3.63) is 65.1 Å². The fourth-order valence-electron chi connectivity index (χ4n) is 4.01. The molecule has 1 aliphatic rings. The monoisotopic (exact) mass is 382 g/mol. The molecule has 1 unspecified atom stereocenters. The van der Waals surface area contributed by atoms with Gasteiger partial charge in [-0.1, -0.05) is 12.1 Å². The SMILES string of the molecule is COCCCc1cccc2c1CC(NCCc1c[nH]c3ccc(F)cc13)CO2. The lowest BCUT2D eigenvalue weighted by Gasteiger charge is -2.28. The Kier molecular flexibility index (Phi) is 5.93. The number of fused-ring (bicyclic) bond motifs is 2. The van der Waals surface area contributed by atoms with Gasteiger partial charge in [-0.25, -0.2) is 4.39 Å². The number of benzene rings is 2. The first-order chi connectivity index (χ1) is 13.7. The second kappa shape index (κ2) is 8.76. The third kappa shape index (κ3) is 4.21. The Morgan fingerprint density at radius 3 is 3.04 bits per heavy atom. The van der Waals surface area contributed by atoms with Gasteiger partial charge in [-0.15, -0.1) is 0 Å². The summed E-state index contributed by atoms with van der Waals surface area (Å²) in [6.07, 6.45) is 5.83. The Balaban J connectivity index is 1.36. The van der Waals surface area contributed by atoms with Crippen LogP contribution in [0.2, 0.25) is 0 Å². The summed E-state index contributed by atoms with van der Waals surface area (Å²) in [6, 6.07) is 11.5. The fourth-order valence-corrected chi connectivity index (χ4v) is 4.01. The lowest BCUT2D eigenvalue weighted by atomic mass is 9.94. The first-order valence-corrected chi connectivity index (χ1v) is 9.96.